The minimum absolute atomic E-state index is 0.0183. The van der Waals surface area contributed by atoms with Crippen LogP contribution in [0.3, 0.4) is 0 Å². The first kappa shape index (κ1) is 38.5. The maximum absolute atomic E-state index is 14.4. The number of ether oxygens (including phenoxy) is 1. The highest BCUT2D eigenvalue weighted by molar-refractivity contribution is 5.91. The molecule has 0 aliphatic carbocycles. The van der Waals surface area contributed by atoms with Crippen LogP contribution in [0.25, 0.3) is 0 Å². The summed E-state index contributed by atoms with van der Waals surface area (Å²) in [5, 5.41) is 6.35. The standard InChI is InChI=1S/C37H61N5O5/c1-25(2)29(24-41-22-16-14-20-27(41)33(44)42-23-17-15-21-28(42)35(46)47-10)40(9)34(45)31(36(3,4)5)39-32(43)30(38-8)37(6,7)26-18-12-11-13-19-26/h11-13,18-19,25,27-31,38H,14-17,20-24H2,1-10H3,(H,39,43)/t27-,28-,29+,30?,31+/m0/s1. The van der Waals surface area contributed by atoms with Gasteiger partial charge in [0.05, 0.1) is 19.2 Å². The van der Waals surface area contributed by atoms with E-state index in [9.17, 15) is 19.2 Å². The van der Waals surface area contributed by atoms with Crippen LogP contribution in [-0.2, 0) is 29.3 Å². The van der Waals surface area contributed by atoms with Crippen LogP contribution in [0.2, 0.25) is 0 Å². The number of hydrogen-bond donors (Lipinski definition) is 2. The van der Waals surface area contributed by atoms with Crippen LogP contribution >= 0.6 is 0 Å². The van der Waals surface area contributed by atoms with Crippen molar-refractivity contribution in [1.82, 2.24) is 25.3 Å². The van der Waals surface area contributed by atoms with Gasteiger partial charge < -0.3 is 25.2 Å². The second-order valence-corrected chi connectivity index (χ2v) is 15.5. The minimum Gasteiger partial charge on any atom is -0.467 e. The second kappa shape index (κ2) is 16.4. The number of rotatable bonds is 12. The molecule has 0 bridgehead atoms. The van der Waals surface area contributed by atoms with Gasteiger partial charge in [0, 0.05) is 31.6 Å². The molecule has 47 heavy (non-hydrogen) atoms. The molecule has 2 aliphatic rings. The van der Waals surface area contributed by atoms with Gasteiger partial charge in [-0.25, -0.2) is 4.79 Å². The van der Waals surface area contributed by atoms with Crippen LogP contribution < -0.4 is 10.6 Å². The fourth-order valence-corrected chi connectivity index (χ4v) is 7.37. The Bertz CT molecular complexity index is 1210. The molecular weight excluding hydrogens is 594 g/mol. The molecule has 2 N–H and O–H groups in total. The average Bonchev–Trinajstić information content (AvgIpc) is 3.04. The van der Waals surface area contributed by atoms with E-state index in [1.807, 2.05) is 72.0 Å². The quantitative estimate of drug-likeness (QED) is 0.328. The van der Waals surface area contributed by atoms with E-state index < -0.39 is 29.0 Å². The number of nitrogens with one attached hydrogen (secondary N) is 2. The monoisotopic (exact) mass is 655 g/mol. The molecule has 5 atom stereocenters. The predicted molar refractivity (Wildman–Crippen MR) is 186 cm³/mol. The summed E-state index contributed by atoms with van der Waals surface area (Å²) >= 11 is 0. The number of likely N-dealkylation sites (tertiary alicyclic amines) is 2. The lowest BCUT2D eigenvalue weighted by Gasteiger charge is -2.45. The molecule has 2 heterocycles. The molecule has 10 nitrogen and oxygen atoms in total. The fourth-order valence-electron chi connectivity index (χ4n) is 7.37. The highest BCUT2D eigenvalue weighted by atomic mass is 16.5. The van der Waals surface area contributed by atoms with Gasteiger partial charge in [-0.3, -0.25) is 19.3 Å². The number of hydrogen-bond acceptors (Lipinski definition) is 7. The maximum Gasteiger partial charge on any atom is 0.328 e. The lowest BCUT2D eigenvalue weighted by molar-refractivity contribution is -0.157. The van der Waals surface area contributed by atoms with Gasteiger partial charge >= 0.3 is 5.97 Å². The third kappa shape index (κ3) is 9.13. The molecule has 264 valence electrons. The summed E-state index contributed by atoms with van der Waals surface area (Å²) in [6.07, 6.45) is 5.01. The fraction of sp³-hybridized carbons (Fsp3) is 0.730. The highest BCUT2D eigenvalue weighted by Gasteiger charge is 2.44. The topological polar surface area (TPSA) is 111 Å². The van der Waals surface area contributed by atoms with E-state index in [1.54, 1.807) is 16.8 Å². The molecule has 3 rings (SSSR count). The van der Waals surface area contributed by atoms with E-state index in [-0.39, 0.29) is 41.7 Å². The SMILES string of the molecule is CNC(C(=O)N[C@H](C(=O)N(C)[C@H](CN1CCCC[C@H]1C(=O)N1CCCC[C@H]1C(=O)OC)C(C)C)C(C)(C)C)C(C)(C)c1ccccc1. The molecule has 0 saturated carbocycles. The number of carbonyl (C=O) groups is 4. The van der Waals surface area contributed by atoms with Gasteiger partial charge in [-0.15, -0.1) is 0 Å². The van der Waals surface area contributed by atoms with Crippen LogP contribution in [0.15, 0.2) is 30.3 Å². The van der Waals surface area contributed by atoms with Gasteiger partial charge in [0.25, 0.3) is 0 Å². The third-order valence-electron chi connectivity index (χ3n) is 10.4. The summed E-state index contributed by atoms with van der Waals surface area (Å²) in [5.74, 6) is -0.659. The molecular formula is C37H61N5O5. The van der Waals surface area contributed by atoms with Crippen molar-refractivity contribution in [3.8, 4) is 0 Å². The lowest BCUT2D eigenvalue weighted by atomic mass is 9.76. The van der Waals surface area contributed by atoms with Gasteiger partial charge in [0.1, 0.15) is 12.1 Å². The largest absolute Gasteiger partial charge is 0.467 e. The summed E-state index contributed by atoms with van der Waals surface area (Å²) in [6.45, 7) is 16.0. The van der Waals surface area contributed by atoms with Crippen molar-refractivity contribution in [2.45, 2.75) is 123 Å². The number of methoxy groups -OCH3 is 1. The lowest BCUT2D eigenvalue weighted by Crippen LogP contribution is -2.63. The summed E-state index contributed by atoms with van der Waals surface area (Å²) in [7, 11) is 4.97. The molecule has 1 aromatic carbocycles. The van der Waals surface area contributed by atoms with Crippen LogP contribution in [0.4, 0.5) is 0 Å². The third-order valence-corrected chi connectivity index (χ3v) is 10.4. The predicted octanol–water partition coefficient (Wildman–Crippen LogP) is 3.97. The van der Waals surface area contributed by atoms with Crippen LogP contribution in [0.1, 0.15) is 92.6 Å². The Balaban J connectivity index is 1.83. The van der Waals surface area contributed by atoms with Crippen LogP contribution in [-0.4, -0.2) is 109 Å². The van der Waals surface area contributed by atoms with Crippen molar-refractivity contribution in [2.24, 2.45) is 11.3 Å². The van der Waals surface area contributed by atoms with Crippen molar-refractivity contribution in [3.05, 3.63) is 35.9 Å². The van der Waals surface area contributed by atoms with E-state index in [4.69, 9.17) is 4.74 Å². The summed E-state index contributed by atoms with van der Waals surface area (Å²) < 4.78 is 5.05. The Kier molecular flexibility index (Phi) is 13.4. The zero-order valence-electron chi connectivity index (χ0n) is 30.6. The van der Waals surface area contributed by atoms with Crippen LogP contribution in [0, 0.1) is 11.3 Å². The molecule has 2 aliphatic heterocycles. The number of amides is 3. The normalized spacial score (nSPS) is 21.5. The van der Waals surface area contributed by atoms with Crippen molar-refractivity contribution < 1.29 is 23.9 Å². The Labute approximate surface area is 283 Å². The zero-order valence-corrected chi connectivity index (χ0v) is 30.6. The first-order chi connectivity index (χ1) is 22.1. The van der Waals surface area contributed by atoms with Crippen molar-refractivity contribution in [3.63, 3.8) is 0 Å². The van der Waals surface area contributed by atoms with Gasteiger partial charge in [0.15, 0.2) is 0 Å². The van der Waals surface area contributed by atoms with E-state index in [0.717, 1.165) is 44.2 Å². The first-order valence-electron chi connectivity index (χ1n) is 17.5. The Morgan fingerprint density at radius 3 is 2.06 bits per heavy atom. The minimum atomic E-state index is -0.767. The van der Waals surface area contributed by atoms with Gasteiger partial charge in [-0.05, 0) is 62.6 Å². The first-order valence-corrected chi connectivity index (χ1v) is 17.5. The van der Waals surface area contributed by atoms with Crippen LogP contribution in [0.5, 0.6) is 0 Å². The van der Waals surface area contributed by atoms with Gasteiger partial charge in [-0.1, -0.05) is 85.2 Å². The Morgan fingerprint density at radius 2 is 1.51 bits per heavy atom. The number of piperidine rings is 2. The van der Waals surface area contributed by atoms with Crippen molar-refractivity contribution in [1.29, 1.82) is 0 Å². The summed E-state index contributed by atoms with van der Waals surface area (Å²) in [6, 6.07) is 7.50. The number of esters is 1. The summed E-state index contributed by atoms with van der Waals surface area (Å²) in [4.78, 5) is 60.7. The molecule has 10 heteroatoms. The van der Waals surface area contributed by atoms with Crippen molar-refractivity contribution >= 4 is 23.7 Å². The number of likely N-dealkylation sites (N-methyl/N-ethyl adjacent to an activating group) is 2. The molecule has 2 saturated heterocycles. The van der Waals surface area contributed by atoms with E-state index in [2.05, 4.69) is 29.4 Å². The molecule has 0 radical (unpaired) electrons. The molecule has 1 aromatic rings. The van der Waals surface area contributed by atoms with E-state index in [1.165, 1.54) is 7.11 Å². The van der Waals surface area contributed by atoms with Gasteiger partial charge in [-0.2, -0.15) is 0 Å². The average molecular weight is 656 g/mol. The molecule has 0 spiro atoms. The zero-order chi connectivity index (χ0) is 35.1. The Hall–Kier alpha value is -2.98. The molecule has 0 aromatic heterocycles. The number of carbonyl (C=O) groups excluding carboxylic acids is 4. The second-order valence-electron chi connectivity index (χ2n) is 15.5. The number of nitrogens with zero attached hydrogens (tertiary/aromatic N) is 3. The molecule has 3 amide bonds. The van der Waals surface area contributed by atoms with E-state index >= 15 is 0 Å². The maximum atomic E-state index is 14.4. The van der Waals surface area contributed by atoms with Gasteiger partial charge in [0.2, 0.25) is 17.7 Å². The highest BCUT2D eigenvalue weighted by Crippen LogP contribution is 2.30. The number of benzene rings is 1. The molecule has 2 fully saturated rings. The van der Waals surface area contributed by atoms with Crippen molar-refractivity contribution in [2.75, 3.05) is 40.8 Å². The molecule has 1 unspecified atom stereocenters. The Morgan fingerprint density at radius 1 is 0.915 bits per heavy atom. The van der Waals surface area contributed by atoms with E-state index in [0.29, 0.717) is 19.5 Å². The smallest absolute Gasteiger partial charge is 0.328 e. The summed E-state index contributed by atoms with van der Waals surface area (Å²) in [5.41, 5.74) is -0.0637.